The summed E-state index contributed by atoms with van der Waals surface area (Å²) in [6, 6.07) is 17.7. The minimum atomic E-state index is -3.38. The smallest absolute Gasteiger partial charge is 0.218 e. The van der Waals surface area contributed by atoms with Crippen molar-refractivity contribution in [1.82, 2.24) is 14.5 Å². The molecule has 1 saturated heterocycles. The molecule has 2 aromatic rings. The molecule has 31 heavy (non-hydrogen) atoms. The number of benzene rings is 2. The van der Waals surface area contributed by atoms with Crippen molar-refractivity contribution in [1.29, 1.82) is 0 Å². The van der Waals surface area contributed by atoms with Crippen LogP contribution in [0.15, 0.2) is 59.6 Å². The second-order valence-electron chi connectivity index (χ2n) is 7.41. The van der Waals surface area contributed by atoms with E-state index in [1.165, 1.54) is 4.31 Å². The molecule has 0 aromatic heterocycles. The quantitative estimate of drug-likeness (QED) is 0.322. The summed E-state index contributed by atoms with van der Waals surface area (Å²) in [5.41, 5.74) is 2.89. The Balaban J connectivity index is 0.00000341. The van der Waals surface area contributed by atoms with Crippen LogP contribution in [0.3, 0.4) is 0 Å². The molecule has 0 atom stereocenters. The zero-order chi connectivity index (χ0) is 21.4. The first-order chi connectivity index (χ1) is 14.5. The summed E-state index contributed by atoms with van der Waals surface area (Å²) >= 11 is 0. The second-order valence-corrected chi connectivity index (χ2v) is 9.38. The Bertz CT molecular complexity index is 946. The highest BCUT2D eigenvalue weighted by Gasteiger charge is 2.25. The van der Waals surface area contributed by atoms with Crippen LogP contribution in [0.4, 0.5) is 0 Å². The second kappa shape index (κ2) is 12.4. The van der Waals surface area contributed by atoms with Crippen molar-refractivity contribution in [2.24, 2.45) is 4.99 Å². The summed E-state index contributed by atoms with van der Waals surface area (Å²) in [6.45, 7) is 2.81. The molecular formula is C22H31IN4O3S. The first kappa shape index (κ1) is 25.6. The van der Waals surface area contributed by atoms with Gasteiger partial charge in [0.25, 0.3) is 0 Å². The maximum absolute atomic E-state index is 12.8. The zero-order valence-corrected chi connectivity index (χ0v) is 21.2. The predicted octanol–water partition coefficient (Wildman–Crippen LogP) is 2.67. The molecular weight excluding hydrogens is 527 g/mol. The van der Waals surface area contributed by atoms with Gasteiger partial charge in [0, 0.05) is 33.7 Å². The molecule has 1 aliphatic rings. The number of ether oxygens (including phenoxy) is 1. The summed E-state index contributed by atoms with van der Waals surface area (Å²) in [5, 5.41) is 3.36. The van der Waals surface area contributed by atoms with Crippen molar-refractivity contribution >= 4 is 40.0 Å². The summed E-state index contributed by atoms with van der Waals surface area (Å²) < 4.78 is 32.5. The Morgan fingerprint density at radius 2 is 1.65 bits per heavy atom. The van der Waals surface area contributed by atoms with Gasteiger partial charge in [-0.3, -0.25) is 0 Å². The van der Waals surface area contributed by atoms with Gasteiger partial charge in [0.15, 0.2) is 5.96 Å². The van der Waals surface area contributed by atoms with Crippen LogP contribution in [-0.4, -0.2) is 64.0 Å². The molecule has 1 N–H and O–H groups in total. The van der Waals surface area contributed by atoms with Crippen LogP contribution in [0.2, 0.25) is 0 Å². The number of halogens is 1. The van der Waals surface area contributed by atoms with E-state index in [-0.39, 0.29) is 29.7 Å². The molecule has 0 amide bonds. The van der Waals surface area contributed by atoms with Crippen molar-refractivity contribution in [2.75, 3.05) is 40.4 Å². The predicted molar refractivity (Wildman–Crippen MR) is 135 cm³/mol. The molecule has 9 heteroatoms. The van der Waals surface area contributed by atoms with Crippen LogP contribution >= 0.6 is 24.0 Å². The van der Waals surface area contributed by atoms with Gasteiger partial charge in [-0.15, -0.1) is 24.0 Å². The lowest BCUT2D eigenvalue weighted by molar-refractivity contribution is 0.0729. The highest BCUT2D eigenvalue weighted by Crippen LogP contribution is 2.16. The van der Waals surface area contributed by atoms with Gasteiger partial charge in [0.2, 0.25) is 10.0 Å². The van der Waals surface area contributed by atoms with Crippen molar-refractivity contribution in [2.45, 2.75) is 18.8 Å². The molecule has 7 nitrogen and oxygen atoms in total. The number of aliphatic imine (C=N–C) groups is 1. The molecule has 0 aliphatic carbocycles. The van der Waals surface area contributed by atoms with Crippen molar-refractivity contribution < 1.29 is 13.2 Å². The lowest BCUT2D eigenvalue weighted by Gasteiger charge is -2.26. The highest BCUT2D eigenvalue weighted by molar-refractivity contribution is 14.0. The van der Waals surface area contributed by atoms with E-state index < -0.39 is 10.0 Å². The van der Waals surface area contributed by atoms with Crippen molar-refractivity contribution in [3.8, 4) is 0 Å². The van der Waals surface area contributed by atoms with E-state index in [1.807, 2.05) is 73.6 Å². The third kappa shape index (κ3) is 7.74. The topological polar surface area (TPSA) is 74.2 Å². The average molecular weight is 558 g/mol. The molecule has 1 aliphatic heterocycles. The van der Waals surface area contributed by atoms with E-state index in [0.29, 0.717) is 39.4 Å². The Morgan fingerprint density at radius 3 is 2.29 bits per heavy atom. The molecule has 0 unspecified atom stereocenters. The molecule has 2 aromatic carbocycles. The van der Waals surface area contributed by atoms with E-state index in [2.05, 4.69) is 10.3 Å². The third-order valence-electron chi connectivity index (χ3n) is 4.93. The lowest BCUT2D eigenvalue weighted by Crippen LogP contribution is -2.41. The number of hydrogen-bond donors (Lipinski definition) is 1. The molecule has 1 heterocycles. The van der Waals surface area contributed by atoms with Crippen LogP contribution in [0.5, 0.6) is 0 Å². The summed E-state index contributed by atoms with van der Waals surface area (Å²) in [5.74, 6) is 0.744. The fourth-order valence-electron chi connectivity index (χ4n) is 3.26. The summed E-state index contributed by atoms with van der Waals surface area (Å²) in [6.07, 6.45) is 0. The number of guanidine groups is 1. The molecule has 170 valence electrons. The first-order valence-electron chi connectivity index (χ1n) is 10.1. The third-order valence-corrected chi connectivity index (χ3v) is 6.76. The maximum Gasteiger partial charge on any atom is 0.218 e. The van der Waals surface area contributed by atoms with Crippen molar-refractivity contribution in [3.05, 3.63) is 71.3 Å². The Hall–Kier alpha value is -1.69. The van der Waals surface area contributed by atoms with Crippen LogP contribution in [0.1, 0.15) is 16.7 Å². The van der Waals surface area contributed by atoms with Crippen LogP contribution in [0.25, 0.3) is 0 Å². The van der Waals surface area contributed by atoms with E-state index in [1.54, 1.807) is 0 Å². The van der Waals surface area contributed by atoms with Gasteiger partial charge >= 0.3 is 0 Å². The first-order valence-corrected chi connectivity index (χ1v) is 11.7. The summed E-state index contributed by atoms with van der Waals surface area (Å²) in [4.78, 5) is 6.60. The van der Waals surface area contributed by atoms with Crippen molar-refractivity contribution in [3.63, 3.8) is 0 Å². The van der Waals surface area contributed by atoms with Crippen LogP contribution < -0.4 is 5.32 Å². The van der Waals surface area contributed by atoms with Crippen LogP contribution in [0, 0.1) is 0 Å². The van der Waals surface area contributed by atoms with Gasteiger partial charge in [0.1, 0.15) is 0 Å². The van der Waals surface area contributed by atoms with Gasteiger partial charge < -0.3 is 15.0 Å². The highest BCUT2D eigenvalue weighted by atomic mass is 127. The minimum Gasteiger partial charge on any atom is -0.379 e. The van der Waals surface area contributed by atoms with E-state index in [4.69, 9.17) is 4.74 Å². The fourth-order valence-corrected chi connectivity index (χ4v) is 4.83. The Labute approximate surface area is 202 Å². The van der Waals surface area contributed by atoms with Gasteiger partial charge in [-0.25, -0.2) is 13.4 Å². The number of rotatable bonds is 7. The largest absolute Gasteiger partial charge is 0.379 e. The SMILES string of the molecule is CN(C)C(=NCc1ccccc1)NCc1ccccc1CS(=O)(=O)N1CCOCC1.I. The lowest BCUT2D eigenvalue weighted by atomic mass is 10.1. The number of nitrogens with one attached hydrogen (secondary N) is 1. The van der Waals surface area contributed by atoms with E-state index >= 15 is 0 Å². The molecule has 0 spiro atoms. The van der Waals surface area contributed by atoms with Gasteiger partial charge in [0.05, 0.1) is 25.5 Å². The van der Waals surface area contributed by atoms with Gasteiger partial charge in [-0.2, -0.15) is 4.31 Å². The minimum absolute atomic E-state index is 0. The molecule has 3 rings (SSSR count). The number of sulfonamides is 1. The fraction of sp³-hybridized carbons (Fsp3) is 0.409. The standard InChI is InChI=1S/C22H30N4O3S.HI/c1-25(2)22(23-16-19-8-4-3-5-9-19)24-17-20-10-6-7-11-21(20)18-30(27,28)26-12-14-29-15-13-26;/h3-11H,12-18H2,1-2H3,(H,23,24);1H. The number of morpholine rings is 1. The molecule has 0 radical (unpaired) electrons. The monoisotopic (exact) mass is 558 g/mol. The number of nitrogens with zero attached hydrogens (tertiary/aromatic N) is 3. The molecule has 0 saturated carbocycles. The summed E-state index contributed by atoms with van der Waals surface area (Å²) in [7, 11) is 0.497. The zero-order valence-electron chi connectivity index (χ0n) is 18.0. The average Bonchev–Trinajstić information content (AvgIpc) is 2.75. The van der Waals surface area contributed by atoms with Gasteiger partial charge in [-0.1, -0.05) is 54.6 Å². The van der Waals surface area contributed by atoms with E-state index in [9.17, 15) is 8.42 Å². The number of hydrogen-bond acceptors (Lipinski definition) is 4. The van der Waals surface area contributed by atoms with Gasteiger partial charge in [-0.05, 0) is 16.7 Å². The molecule has 0 bridgehead atoms. The van der Waals surface area contributed by atoms with Crippen LogP contribution in [-0.2, 0) is 33.6 Å². The Morgan fingerprint density at radius 1 is 1.03 bits per heavy atom. The normalized spacial score (nSPS) is 15.2. The molecule has 1 fully saturated rings. The maximum atomic E-state index is 12.8. The van der Waals surface area contributed by atoms with E-state index in [0.717, 1.165) is 22.6 Å². The Kier molecular flexibility index (Phi) is 10.2.